The van der Waals surface area contributed by atoms with Crippen molar-refractivity contribution < 1.29 is 17.9 Å². The van der Waals surface area contributed by atoms with Crippen molar-refractivity contribution in [1.29, 1.82) is 0 Å². The zero-order chi connectivity index (χ0) is 23.4. The number of ether oxygens (including phenoxy) is 1. The van der Waals surface area contributed by atoms with E-state index in [1.165, 1.54) is 6.07 Å². The van der Waals surface area contributed by atoms with Crippen LogP contribution in [0.1, 0.15) is 22.8 Å². The standard InChI is InChI=1S/C24H22N4O4S/c1-3-32-24(29)17-11-13-18(14-12-17)25-22-23(27-21-10-5-4-9-20(21)26-22)28-33(30,31)19-8-6-7-16(2)15-19/h4-15H,3H2,1-2H3,(H,25,26)(H,27,28). The van der Waals surface area contributed by atoms with Crippen molar-refractivity contribution in [2.45, 2.75) is 18.7 Å². The molecule has 4 aromatic rings. The molecule has 2 N–H and O–H groups in total. The van der Waals surface area contributed by atoms with Gasteiger partial charge >= 0.3 is 5.97 Å². The number of fused-ring (bicyclic) bond motifs is 1. The Kier molecular flexibility index (Phi) is 6.23. The smallest absolute Gasteiger partial charge is 0.338 e. The van der Waals surface area contributed by atoms with Crippen molar-refractivity contribution in [3.63, 3.8) is 0 Å². The molecule has 0 saturated carbocycles. The summed E-state index contributed by atoms with van der Waals surface area (Å²) in [7, 11) is -3.90. The molecule has 1 heterocycles. The van der Waals surface area contributed by atoms with Gasteiger partial charge in [-0.05, 0) is 67.9 Å². The van der Waals surface area contributed by atoms with E-state index in [1.54, 1.807) is 61.5 Å². The van der Waals surface area contributed by atoms with Crippen LogP contribution in [0.5, 0.6) is 0 Å². The van der Waals surface area contributed by atoms with Crippen LogP contribution in [0.25, 0.3) is 11.0 Å². The van der Waals surface area contributed by atoms with Crippen LogP contribution in [0.4, 0.5) is 17.3 Å². The number of aromatic nitrogens is 2. The number of rotatable bonds is 7. The summed E-state index contributed by atoms with van der Waals surface area (Å²) in [5.74, 6) is -0.125. The zero-order valence-corrected chi connectivity index (χ0v) is 18.9. The predicted molar refractivity (Wildman–Crippen MR) is 127 cm³/mol. The number of hydrogen-bond donors (Lipinski definition) is 2. The maximum atomic E-state index is 13.0. The maximum Gasteiger partial charge on any atom is 0.338 e. The van der Waals surface area contributed by atoms with Crippen LogP contribution in [0.15, 0.2) is 77.7 Å². The van der Waals surface area contributed by atoms with Crippen molar-refractivity contribution in [2.24, 2.45) is 0 Å². The number of nitrogens with zero attached hydrogens (tertiary/aromatic N) is 2. The van der Waals surface area contributed by atoms with E-state index in [0.717, 1.165) is 5.56 Å². The van der Waals surface area contributed by atoms with Gasteiger partial charge < -0.3 is 10.1 Å². The molecule has 0 fully saturated rings. The number of aryl methyl sites for hydroxylation is 1. The second-order valence-corrected chi connectivity index (χ2v) is 8.94. The summed E-state index contributed by atoms with van der Waals surface area (Å²) in [6, 6.07) is 20.4. The molecule has 8 nitrogen and oxygen atoms in total. The molecule has 33 heavy (non-hydrogen) atoms. The maximum absolute atomic E-state index is 13.0. The SMILES string of the molecule is CCOC(=O)c1ccc(Nc2nc3ccccc3nc2NS(=O)(=O)c2cccc(C)c2)cc1. The van der Waals surface area contributed by atoms with Crippen LogP contribution in [-0.2, 0) is 14.8 Å². The number of carbonyl (C=O) groups is 1. The van der Waals surface area contributed by atoms with Crippen molar-refractivity contribution in [3.8, 4) is 0 Å². The Hall–Kier alpha value is -3.98. The third-order valence-electron chi connectivity index (χ3n) is 4.76. The predicted octanol–water partition coefficient (Wildman–Crippen LogP) is 4.66. The molecule has 0 radical (unpaired) electrons. The Labute approximate surface area is 191 Å². The summed E-state index contributed by atoms with van der Waals surface area (Å²) in [6.07, 6.45) is 0. The van der Waals surface area contributed by atoms with Gasteiger partial charge in [-0.2, -0.15) is 0 Å². The summed E-state index contributed by atoms with van der Waals surface area (Å²) in [6.45, 7) is 3.85. The molecule has 0 spiro atoms. The van der Waals surface area contributed by atoms with E-state index < -0.39 is 16.0 Å². The lowest BCUT2D eigenvalue weighted by molar-refractivity contribution is 0.0526. The lowest BCUT2D eigenvalue weighted by Gasteiger charge is -2.14. The molecule has 0 unspecified atom stereocenters. The van der Waals surface area contributed by atoms with Crippen molar-refractivity contribution >= 4 is 44.3 Å². The van der Waals surface area contributed by atoms with Gasteiger partial charge in [-0.3, -0.25) is 4.72 Å². The van der Waals surface area contributed by atoms with E-state index in [4.69, 9.17) is 4.74 Å². The van der Waals surface area contributed by atoms with Gasteiger partial charge in [-0.1, -0.05) is 24.3 Å². The highest BCUT2D eigenvalue weighted by atomic mass is 32.2. The van der Waals surface area contributed by atoms with E-state index >= 15 is 0 Å². The molecule has 0 bridgehead atoms. The second-order valence-electron chi connectivity index (χ2n) is 7.25. The highest BCUT2D eigenvalue weighted by Gasteiger charge is 2.19. The Balaban J connectivity index is 1.70. The van der Waals surface area contributed by atoms with Crippen LogP contribution >= 0.6 is 0 Å². The van der Waals surface area contributed by atoms with Crippen molar-refractivity contribution in [2.75, 3.05) is 16.6 Å². The van der Waals surface area contributed by atoms with Crippen LogP contribution in [0, 0.1) is 6.92 Å². The second kappa shape index (κ2) is 9.25. The molecule has 0 aliphatic heterocycles. The highest BCUT2D eigenvalue weighted by molar-refractivity contribution is 7.92. The summed E-state index contributed by atoms with van der Waals surface area (Å²) >= 11 is 0. The van der Waals surface area contributed by atoms with Crippen LogP contribution in [0.3, 0.4) is 0 Å². The van der Waals surface area contributed by atoms with Gasteiger partial charge in [0.25, 0.3) is 10.0 Å². The molecule has 0 atom stereocenters. The van der Waals surface area contributed by atoms with Crippen molar-refractivity contribution in [3.05, 3.63) is 83.9 Å². The Morgan fingerprint density at radius 3 is 2.21 bits per heavy atom. The van der Waals surface area contributed by atoms with Gasteiger partial charge in [0.15, 0.2) is 11.6 Å². The van der Waals surface area contributed by atoms with E-state index in [9.17, 15) is 13.2 Å². The number of benzene rings is 3. The lowest BCUT2D eigenvalue weighted by Crippen LogP contribution is -2.16. The Morgan fingerprint density at radius 2 is 1.58 bits per heavy atom. The highest BCUT2D eigenvalue weighted by Crippen LogP contribution is 2.27. The molecular formula is C24H22N4O4S. The third-order valence-corrected chi connectivity index (χ3v) is 6.10. The molecule has 0 aliphatic rings. The Morgan fingerprint density at radius 1 is 0.909 bits per heavy atom. The minimum atomic E-state index is -3.90. The van der Waals surface area contributed by atoms with Gasteiger partial charge in [0.1, 0.15) is 0 Å². The number of sulfonamides is 1. The first-order valence-electron chi connectivity index (χ1n) is 10.3. The van der Waals surface area contributed by atoms with Gasteiger partial charge in [0.05, 0.1) is 28.1 Å². The largest absolute Gasteiger partial charge is 0.462 e. The normalized spacial score (nSPS) is 11.2. The lowest BCUT2D eigenvalue weighted by atomic mass is 10.2. The minimum Gasteiger partial charge on any atom is -0.462 e. The fourth-order valence-corrected chi connectivity index (χ4v) is 4.28. The molecule has 0 aliphatic carbocycles. The monoisotopic (exact) mass is 462 g/mol. The number of nitrogens with one attached hydrogen (secondary N) is 2. The Bertz CT molecular complexity index is 1420. The number of anilines is 3. The van der Waals surface area contributed by atoms with Gasteiger partial charge in [-0.15, -0.1) is 0 Å². The van der Waals surface area contributed by atoms with E-state index in [1.807, 2.05) is 19.1 Å². The third kappa shape index (κ3) is 5.09. The van der Waals surface area contributed by atoms with Crippen molar-refractivity contribution in [1.82, 2.24) is 9.97 Å². The van der Waals surface area contributed by atoms with E-state index in [-0.39, 0.29) is 23.1 Å². The fraction of sp³-hybridized carbons (Fsp3) is 0.125. The number of hydrogen-bond acceptors (Lipinski definition) is 7. The first kappa shape index (κ1) is 22.2. The summed E-state index contributed by atoms with van der Waals surface area (Å²) in [5.41, 5.74) is 2.97. The molecule has 3 aromatic carbocycles. The number of carbonyl (C=O) groups excluding carboxylic acids is 1. The number of para-hydroxylation sites is 2. The molecule has 9 heteroatoms. The van der Waals surface area contributed by atoms with Crippen LogP contribution in [0.2, 0.25) is 0 Å². The molecular weight excluding hydrogens is 440 g/mol. The van der Waals surface area contributed by atoms with Gasteiger partial charge in [0, 0.05) is 5.69 Å². The molecule has 4 rings (SSSR count). The molecule has 0 amide bonds. The van der Waals surface area contributed by atoms with Gasteiger partial charge in [-0.25, -0.2) is 23.2 Å². The topological polar surface area (TPSA) is 110 Å². The average Bonchev–Trinajstić information content (AvgIpc) is 2.80. The van der Waals surface area contributed by atoms with Crippen LogP contribution < -0.4 is 10.0 Å². The zero-order valence-electron chi connectivity index (χ0n) is 18.1. The van der Waals surface area contributed by atoms with E-state index in [0.29, 0.717) is 22.3 Å². The van der Waals surface area contributed by atoms with E-state index in [2.05, 4.69) is 20.0 Å². The first-order chi connectivity index (χ1) is 15.9. The molecule has 0 saturated heterocycles. The minimum absolute atomic E-state index is 0.0599. The average molecular weight is 463 g/mol. The molecule has 168 valence electrons. The first-order valence-corrected chi connectivity index (χ1v) is 11.7. The summed E-state index contributed by atoms with van der Waals surface area (Å²) in [4.78, 5) is 21.1. The van der Waals surface area contributed by atoms with Gasteiger partial charge in [0.2, 0.25) is 0 Å². The molecule has 1 aromatic heterocycles. The number of esters is 1. The van der Waals surface area contributed by atoms with Crippen LogP contribution in [-0.4, -0.2) is 31.0 Å². The quantitative estimate of drug-likeness (QED) is 0.384. The summed E-state index contributed by atoms with van der Waals surface area (Å²) in [5, 5.41) is 3.10. The summed E-state index contributed by atoms with van der Waals surface area (Å²) < 4.78 is 33.6. The fourth-order valence-electron chi connectivity index (χ4n) is 3.17.